The highest BCUT2D eigenvalue weighted by Gasteiger charge is 1.96. The molecule has 0 heterocycles. The summed E-state index contributed by atoms with van der Waals surface area (Å²) in [5.41, 5.74) is 0. The first-order chi connectivity index (χ1) is 14.0. The van der Waals surface area contributed by atoms with Gasteiger partial charge in [-0.3, -0.25) is 4.79 Å². The average Bonchev–Trinajstić information content (AvgIpc) is 2.71. The van der Waals surface area contributed by atoms with E-state index in [2.05, 4.69) is 36.1 Å². The predicted molar refractivity (Wildman–Crippen MR) is 125 cm³/mol. The van der Waals surface area contributed by atoms with Crippen molar-refractivity contribution in [3.63, 3.8) is 0 Å². The summed E-state index contributed by atoms with van der Waals surface area (Å²) in [5, 5.41) is 2.84. The van der Waals surface area contributed by atoms with Gasteiger partial charge in [-0.05, 0) is 51.5 Å². The summed E-state index contributed by atoms with van der Waals surface area (Å²) < 4.78 is 4.44. The number of ether oxygens (including phenoxy) is 1. The Balaban J connectivity index is 0. The molecule has 0 aromatic heterocycles. The monoisotopic (exact) mass is 401 g/mol. The third-order valence-corrected chi connectivity index (χ3v) is 3.29. The first kappa shape index (κ1) is 28.6. The zero-order valence-electron chi connectivity index (χ0n) is 18.8. The molecule has 1 amide bonds. The van der Waals surface area contributed by atoms with Gasteiger partial charge < -0.3 is 10.1 Å². The van der Waals surface area contributed by atoms with E-state index in [1.165, 1.54) is 13.2 Å². The minimum Gasteiger partial charge on any atom is -0.466 e. The molecular formula is C25H39NO3. The molecule has 0 radical (unpaired) electrons. The molecule has 0 atom stereocenters. The highest BCUT2D eigenvalue weighted by atomic mass is 16.5. The van der Waals surface area contributed by atoms with Crippen molar-refractivity contribution in [1.82, 2.24) is 5.32 Å². The smallest absolute Gasteiger partial charge is 0.330 e. The van der Waals surface area contributed by atoms with E-state index >= 15 is 0 Å². The maximum Gasteiger partial charge on any atom is 0.330 e. The Bertz CT molecular complexity index is 579. The maximum absolute atomic E-state index is 11.3. The predicted octanol–water partition coefficient (Wildman–Crippen LogP) is 5.86. The molecule has 29 heavy (non-hydrogen) atoms. The van der Waals surface area contributed by atoms with Gasteiger partial charge in [0, 0.05) is 12.6 Å². The third-order valence-electron chi connectivity index (χ3n) is 3.29. The van der Waals surface area contributed by atoms with Crippen molar-refractivity contribution in [2.24, 2.45) is 5.92 Å². The van der Waals surface area contributed by atoms with Crippen LogP contribution in [-0.2, 0) is 14.3 Å². The standard InChI is InChI=1S/C14H23NO.C11H16O2/c1-4-5-6-7-8-9-10-11-14(16)15-12-13(2)3;1-3-4-5-6-7-8-9-10-11(12)13-2/h4-7,10-11,13H,8-9,12H2,1-3H3,(H,15,16);3-6,9-10H,7-8H2,1-2H3/b5-4+,7-6-,11-10+;4-3+,6-5-,10-9+. The molecule has 0 bridgehead atoms. The normalized spacial score (nSPS) is 12.1. The fourth-order valence-electron chi connectivity index (χ4n) is 1.76. The second-order valence-electron chi connectivity index (χ2n) is 6.53. The van der Waals surface area contributed by atoms with Crippen molar-refractivity contribution in [3.8, 4) is 0 Å². The lowest BCUT2D eigenvalue weighted by Crippen LogP contribution is -2.25. The van der Waals surface area contributed by atoms with Crippen LogP contribution in [-0.4, -0.2) is 25.5 Å². The van der Waals surface area contributed by atoms with Gasteiger partial charge in [0.1, 0.15) is 0 Å². The summed E-state index contributed by atoms with van der Waals surface area (Å²) in [6.07, 6.45) is 26.6. The maximum atomic E-state index is 11.3. The van der Waals surface area contributed by atoms with E-state index in [1.807, 2.05) is 62.5 Å². The number of nitrogens with one attached hydrogen (secondary N) is 1. The minimum atomic E-state index is -0.294. The van der Waals surface area contributed by atoms with Crippen LogP contribution in [0, 0.1) is 5.92 Å². The molecule has 4 heteroatoms. The molecule has 0 saturated heterocycles. The highest BCUT2D eigenvalue weighted by Crippen LogP contribution is 1.94. The van der Waals surface area contributed by atoms with Gasteiger partial charge in [-0.15, -0.1) is 0 Å². The number of esters is 1. The van der Waals surface area contributed by atoms with Crippen LogP contribution in [0.3, 0.4) is 0 Å². The molecule has 4 nitrogen and oxygen atoms in total. The molecule has 0 saturated carbocycles. The van der Waals surface area contributed by atoms with Crippen molar-refractivity contribution in [2.45, 2.75) is 53.4 Å². The van der Waals surface area contributed by atoms with Crippen molar-refractivity contribution in [1.29, 1.82) is 0 Å². The number of hydrogen-bond acceptors (Lipinski definition) is 3. The van der Waals surface area contributed by atoms with Crippen LogP contribution < -0.4 is 5.32 Å². The summed E-state index contributed by atoms with van der Waals surface area (Å²) in [5.74, 6) is 0.213. The van der Waals surface area contributed by atoms with Gasteiger partial charge in [0.25, 0.3) is 0 Å². The van der Waals surface area contributed by atoms with Crippen LogP contribution in [0.2, 0.25) is 0 Å². The number of amides is 1. The van der Waals surface area contributed by atoms with E-state index in [1.54, 1.807) is 6.08 Å². The van der Waals surface area contributed by atoms with E-state index in [0.717, 1.165) is 32.2 Å². The van der Waals surface area contributed by atoms with E-state index < -0.39 is 0 Å². The van der Waals surface area contributed by atoms with Gasteiger partial charge >= 0.3 is 5.97 Å². The number of hydrogen-bond donors (Lipinski definition) is 1. The molecule has 0 aromatic rings. The fraction of sp³-hybridized carbons (Fsp3) is 0.440. The van der Waals surface area contributed by atoms with Gasteiger partial charge in [-0.25, -0.2) is 4.79 Å². The van der Waals surface area contributed by atoms with Crippen LogP contribution in [0.25, 0.3) is 0 Å². The molecule has 0 rings (SSSR count). The Morgan fingerprint density at radius 2 is 1.28 bits per heavy atom. The third kappa shape index (κ3) is 27.7. The zero-order chi connectivity index (χ0) is 22.2. The number of rotatable bonds is 12. The van der Waals surface area contributed by atoms with Crippen molar-refractivity contribution >= 4 is 11.9 Å². The highest BCUT2D eigenvalue weighted by molar-refractivity contribution is 5.87. The molecule has 0 aliphatic carbocycles. The molecule has 1 N–H and O–H groups in total. The van der Waals surface area contributed by atoms with Gasteiger partial charge in [-0.1, -0.05) is 74.6 Å². The first-order valence-electron chi connectivity index (χ1n) is 10.2. The SMILES string of the molecule is C/C=C/C=C\CC/C=C/C(=O)NCC(C)C.C/C=C/C=C\CC/C=C/C(=O)OC. The number of allylic oxidation sites excluding steroid dienone is 10. The molecule has 0 aromatic carbocycles. The Hall–Kier alpha value is -2.62. The van der Waals surface area contributed by atoms with Gasteiger partial charge in [0.15, 0.2) is 0 Å². The van der Waals surface area contributed by atoms with Crippen molar-refractivity contribution in [2.75, 3.05) is 13.7 Å². The second-order valence-corrected chi connectivity index (χ2v) is 6.53. The van der Waals surface area contributed by atoms with E-state index in [4.69, 9.17) is 0 Å². The van der Waals surface area contributed by atoms with Crippen LogP contribution in [0.15, 0.2) is 72.9 Å². The Morgan fingerprint density at radius 3 is 1.72 bits per heavy atom. The summed E-state index contributed by atoms with van der Waals surface area (Å²) in [7, 11) is 1.37. The number of carbonyl (C=O) groups excluding carboxylic acids is 2. The van der Waals surface area contributed by atoms with Gasteiger partial charge in [0.05, 0.1) is 7.11 Å². The Labute approximate surface area is 177 Å². The topological polar surface area (TPSA) is 55.4 Å². The fourth-order valence-corrected chi connectivity index (χ4v) is 1.76. The lowest BCUT2D eigenvalue weighted by molar-refractivity contribution is -0.134. The zero-order valence-corrected chi connectivity index (χ0v) is 18.8. The van der Waals surface area contributed by atoms with Crippen LogP contribution in [0.1, 0.15) is 53.4 Å². The lowest BCUT2D eigenvalue weighted by Gasteiger charge is -2.03. The van der Waals surface area contributed by atoms with Gasteiger partial charge in [-0.2, -0.15) is 0 Å². The molecule has 0 unspecified atom stereocenters. The van der Waals surface area contributed by atoms with E-state index in [0.29, 0.717) is 5.92 Å². The number of carbonyl (C=O) groups is 2. The average molecular weight is 402 g/mol. The first-order valence-corrected chi connectivity index (χ1v) is 10.2. The van der Waals surface area contributed by atoms with Crippen LogP contribution in [0.4, 0.5) is 0 Å². The Morgan fingerprint density at radius 1 is 0.793 bits per heavy atom. The van der Waals surface area contributed by atoms with Crippen molar-refractivity contribution < 1.29 is 14.3 Å². The van der Waals surface area contributed by atoms with E-state index in [-0.39, 0.29) is 11.9 Å². The molecular weight excluding hydrogens is 362 g/mol. The molecule has 0 aliphatic heterocycles. The summed E-state index contributed by atoms with van der Waals surface area (Å²) >= 11 is 0. The molecule has 0 aliphatic rings. The minimum absolute atomic E-state index is 0.00568. The summed E-state index contributed by atoms with van der Waals surface area (Å²) in [6, 6.07) is 0. The van der Waals surface area contributed by atoms with Crippen LogP contribution >= 0.6 is 0 Å². The number of methoxy groups -OCH3 is 1. The quantitative estimate of drug-likeness (QED) is 0.193. The molecule has 162 valence electrons. The van der Waals surface area contributed by atoms with E-state index in [9.17, 15) is 9.59 Å². The summed E-state index contributed by atoms with van der Waals surface area (Å²) in [4.78, 5) is 21.9. The Kier molecular flexibility index (Phi) is 23.1. The van der Waals surface area contributed by atoms with Crippen molar-refractivity contribution in [3.05, 3.63) is 72.9 Å². The second kappa shape index (κ2) is 23.4. The van der Waals surface area contributed by atoms with Gasteiger partial charge in [0.2, 0.25) is 5.91 Å². The summed E-state index contributed by atoms with van der Waals surface area (Å²) in [6.45, 7) is 8.86. The molecule has 0 spiro atoms. The largest absolute Gasteiger partial charge is 0.466 e. The van der Waals surface area contributed by atoms with Crippen LogP contribution in [0.5, 0.6) is 0 Å². The number of unbranched alkanes of at least 4 members (excludes halogenated alkanes) is 2. The lowest BCUT2D eigenvalue weighted by atomic mass is 10.2. The molecule has 0 fully saturated rings.